The Morgan fingerprint density at radius 2 is 2.31 bits per heavy atom. The number of halogens is 1. The highest BCUT2D eigenvalue weighted by Crippen LogP contribution is 2.22. The number of pyridine rings is 1. The van der Waals surface area contributed by atoms with Gasteiger partial charge in [0.1, 0.15) is 5.82 Å². The molecule has 0 saturated carbocycles. The molecule has 1 unspecified atom stereocenters. The largest absolute Gasteiger partial charge is 0.352 e. The number of rotatable bonds is 2. The number of hydrogen-bond donors (Lipinski definition) is 1. The number of nitrogens with two attached hydrogens (primary N) is 1. The standard InChI is InChI=1S/C12H19N3.ClH/c1-10-5-6-14-12(8-10)15-7-3-2-4-11(15)9-13;/h5-6,8,11H,2-4,7,9,13H2,1H3;1H. The molecule has 1 fully saturated rings. The van der Waals surface area contributed by atoms with Crippen LogP contribution in [-0.2, 0) is 0 Å². The van der Waals surface area contributed by atoms with E-state index in [1.54, 1.807) is 0 Å². The van der Waals surface area contributed by atoms with Crippen LogP contribution in [0.3, 0.4) is 0 Å². The van der Waals surface area contributed by atoms with Crippen LogP contribution in [0.2, 0.25) is 0 Å². The van der Waals surface area contributed by atoms with Crippen LogP contribution in [0.1, 0.15) is 24.8 Å². The maximum Gasteiger partial charge on any atom is 0.129 e. The van der Waals surface area contributed by atoms with Gasteiger partial charge in [-0.15, -0.1) is 12.4 Å². The maximum absolute atomic E-state index is 5.80. The van der Waals surface area contributed by atoms with Gasteiger partial charge in [-0.1, -0.05) is 0 Å². The molecule has 90 valence electrons. The molecule has 2 heterocycles. The van der Waals surface area contributed by atoms with Gasteiger partial charge in [0.05, 0.1) is 0 Å². The lowest BCUT2D eigenvalue weighted by molar-refractivity contribution is 0.462. The summed E-state index contributed by atoms with van der Waals surface area (Å²) in [5.41, 5.74) is 7.06. The van der Waals surface area contributed by atoms with Crippen molar-refractivity contribution in [3.63, 3.8) is 0 Å². The van der Waals surface area contributed by atoms with Crippen molar-refractivity contribution < 1.29 is 0 Å². The summed E-state index contributed by atoms with van der Waals surface area (Å²) in [7, 11) is 0. The van der Waals surface area contributed by atoms with Gasteiger partial charge in [-0.2, -0.15) is 0 Å². The van der Waals surface area contributed by atoms with Crippen molar-refractivity contribution in [3.05, 3.63) is 23.9 Å². The minimum atomic E-state index is 0. The van der Waals surface area contributed by atoms with E-state index in [0.29, 0.717) is 6.04 Å². The molecule has 4 heteroatoms. The Kier molecular flexibility index (Phi) is 5.03. The highest BCUT2D eigenvalue weighted by molar-refractivity contribution is 5.85. The normalized spacial score (nSPS) is 20.4. The second-order valence-corrected chi connectivity index (χ2v) is 4.27. The molecule has 0 spiro atoms. The van der Waals surface area contributed by atoms with Crippen molar-refractivity contribution in [2.45, 2.75) is 32.2 Å². The zero-order valence-corrected chi connectivity index (χ0v) is 10.5. The lowest BCUT2D eigenvalue weighted by Crippen LogP contribution is -2.44. The third-order valence-corrected chi connectivity index (χ3v) is 3.09. The smallest absolute Gasteiger partial charge is 0.129 e. The van der Waals surface area contributed by atoms with Gasteiger partial charge in [-0.05, 0) is 43.9 Å². The number of hydrogen-bond acceptors (Lipinski definition) is 3. The van der Waals surface area contributed by atoms with Gasteiger partial charge in [-0.3, -0.25) is 0 Å². The molecule has 1 aromatic rings. The number of anilines is 1. The van der Waals surface area contributed by atoms with Crippen molar-refractivity contribution in [2.24, 2.45) is 5.73 Å². The Bertz CT molecular complexity index is 330. The van der Waals surface area contributed by atoms with Gasteiger partial charge in [0.2, 0.25) is 0 Å². The van der Waals surface area contributed by atoms with Crippen LogP contribution in [0.25, 0.3) is 0 Å². The number of nitrogens with zero attached hydrogens (tertiary/aromatic N) is 2. The molecule has 0 aromatic carbocycles. The lowest BCUT2D eigenvalue weighted by Gasteiger charge is -2.36. The van der Waals surface area contributed by atoms with Crippen LogP contribution >= 0.6 is 12.4 Å². The van der Waals surface area contributed by atoms with Gasteiger partial charge >= 0.3 is 0 Å². The van der Waals surface area contributed by atoms with Crippen LogP contribution in [0, 0.1) is 6.92 Å². The Labute approximate surface area is 103 Å². The second-order valence-electron chi connectivity index (χ2n) is 4.27. The van der Waals surface area contributed by atoms with Crippen molar-refractivity contribution in [1.29, 1.82) is 0 Å². The van der Waals surface area contributed by atoms with Crippen molar-refractivity contribution >= 4 is 18.2 Å². The van der Waals surface area contributed by atoms with Gasteiger partial charge < -0.3 is 10.6 Å². The van der Waals surface area contributed by atoms with E-state index in [0.717, 1.165) is 18.9 Å². The SMILES string of the molecule is Cc1ccnc(N2CCCCC2CN)c1.Cl. The number of aromatic nitrogens is 1. The summed E-state index contributed by atoms with van der Waals surface area (Å²) in [6, 6.07) is 4.66. The predicted octanol–water partition coefficient (Wildman–Crippen LogP) is 2.13. The highest BCUT2D eigenvalue weighted by atomic mass is 35.5. The molecule has 1 saturated heterocycles. The molecular weight excluding hydrogens is 222 g/mol. The quantitative estimate of drug-likeness (QED) is 0.863. The first-order valence-electron chi connectivity index (χ1n) is 5.70. The molecular formula is C12H20ClN3. The molecule has 0 radical (unpaired) electrons. The van der Waals surface area contributed by atoms with Crippen LogP contribution in [0.15, 0.2) is 18.3 Å². The molecule has 2 rings (SSSR count). The molecule has 0 bridgehead atoms. The summed E-state index contributed by atoms with van der Waals surface area (Å²) >= 11 is 0. The Hall–Kier alpha value is -0.800. The van der Waals surface area contributed by atoms with E-state index in [4.69, 9.17) is 5.73 Å². The van der Waals surface area contributed by atoms with Crippen molar-refractivity contribution in [2.75, 3.05) is 18.0 Å². The summed E-state index contributed by atoms with van der Waals surface area (Å²) in [6.45, 7) is 3.93. The van der Waals surface area contributed by atoms with Crippen molar-refractivity contribution in [1.82, 2.24) is 4.98 Å². The van der Waals surface area contributed by atoms with Crippen LogP contribution in [0.5, 0.6) is 0 Å². The summed E-state index contributed by atoms with van der Waals surface area (Å²) in [5.74, 6) is 1.09. The summed E-state index contributed by atoms with van der Waals surface area (Å²) < 4.78 is 0. The number of piperidine rings is 1. The molecule has 1 aromatic heterocycles. The third-order valence-electron chi connectivity index (χ3n) is 3.09. The zero-order valence-electron chi connectivity index (χ0n) is 9.72. The molecule has 0 amide bonds. The maximum atomic E-state index is 5.80. The molecule has 16 heavy (non-hydrogen) atoms. The van der Waals surface area contributed by atoms with E-state index in [-0.39, 0.29) is 12.4 Å². The van der Waals surface area contributed by atoms with E-state index in [1.807, 2.05) is 12.3 Å². The Morgan fingerprint density at radius 3 is 3.00 bits per heavy atom. The van der Waals surface area contributed by atoms with E-state index in [1.165, 1.54) is 24.8 Å². The minimum Gasteiger partial charge on any atom is -0.352 e. The summed E-state index contributed by atoms with van der Waals surface area (Å²) in [5, 5.41) is 0. The third kappa shape index (κ3) is 2.86. The highest BCUT2D eigenvalue weighted by Gasteiger charge is 2.21. The first-order valence-corrected chi connectivity index (χ1v) is 5.70. The summed E-state index contributed by atoms with van der Waals surface area (Å²) in [6.07, 6.45) is 5.63. The fourth-order valence-electron chi connectivity index (χ4n) is 2.22. The van der Waals surface area contributed by atoms with Gasteiger partial charge in [0.25, 0.3) is 0 Å². The van der Waals surface area contributed by atoms with E-state index in [9.17, 15) is 0 Å². The average molecular weight is 242 g/mol. The molecule has 2 N–H and O–H groups in total. The predicted molar refractivity (Wildman–Crippen MR) is 70.3 cm³/mol. The molecule has 1 aliphatic rings. The fraction of sp³-hybridized carbons (Fsp3) is 0.583. The van der Waals surface area contributed by atoms with Gasteiger partial charge in [0, 0.05) is 25.3 Å². The monoisotopic (exact) mass is 241 g/mol. The van der Waals surface area contributed by atoms with Crippen LogP contribution < -0.4 is 10.6 Å². The molecule has 1 atom stereocenters. The second kappa shape index (κ2) is 6.06. The van der Waals surface area contributed by atoms with Gasteiger partial charge in [0.15, 0.2) is 0 Å². The minimum absolute atomic E-state index is 0. The first kappa shape index (κ1) is 13.3. The Morgan fingerprint density at radius 1 is 1.50 bits per heavy atom. The fourth-order valence-corrected chi connectivity index (χ4v) is 2.22. The first-order chi connectivity index (χ1) is 7.31. The molecule has 3 nitrogen and oxygen atoms in total. The van der Waals surface area contributed by atoms with Crippen LogP contribution in [-0.4, -0.2) is 24.1 Å². The van der Waals surface area contributed by atoms with Crippen molar-refractivity contribution in [3.8, 4) is 0 Å². The van der Waals surface area contributed by atoms with Gasteiger partial charge in [-0.25, -0.2) is 4.98 Å². The van der Waals surface area contributed by atoms with E-state index in [2.05, 4.69) is 22.9 Å². The number of aryl methyl sites for hydroxylation is 1. The molecule has 0 aliphatic carbocycles. The van der Waals surface area contributed by atoms with E-state index < -0.39 is 0 Å². The van der Waals surface area contributed by atoms with Crippen LogP contribution in [0.4, 0.5) is 5.82 Å². The lowest BCUT2D eigenvalue weighted by atomic mass is 10.0. The van der Waals surface area contributed by atoms with E-state index >= 15 is 0 Å². The Balaban J connectivity index is 0.00000128. The topological polar surface area (TPSA) is 42.2 Å². The average Bonchev–Trinajstić information content (AvgIpc) is 2.29. The molecule has 1 aliphatic heterocycles. The zero-order chi connectivity index (χ0) is 10.7. The summed E-state index contributed by atoms with van der Waals surface area (Å²) in [4.78, 5) is 6.79.